The third kappa shape index (κ3) is 3.33. The minimum Gasteiger partial charge on any atom is -0.478 e. The van der Waals surface area contributed by atoms with Crippen LogP contribution < -0.4 is 0 Å². The summed E-state index contributed by atoms with van der Waals surface area (Å²) in [6.07, 6.45) is 1.37. The Morgan fingerprint density at radius 1 is 1.07 bits per heavy atom. The summed E-state index contributed by atoms with van der Waals surface area (Å²) in [4.78, 5) is 19.0. The molecule has 8 heteroatoms. The number of sulfonamides is 1. The highest BCUT2D eigenvalue weighted by Crippen LogP contribution is 2.30. The number of rotatable bonds is 4. The zero-order valence-corrected chi connectivity index (χ0v) is 15.3. The van der Waals surface area contributed by atoms with Gasteiger partial charge >= 0.3 is 5.97 Å². The van der Waals surface area contributed by atoms with Crippen LogP contribution in [-0.2, 0) is 10.0 Å². The molecule has 0 radical (unpaired) electrons. The van der Waals surface area contributed by atoms with E-state index in [4.69, 9.17) is 5.11 Å². The second-order valence-electron chi connectivity index (χ2n) is 6.65. The fraction of sp³-hybridized carbons (Fsp3) is 0.263. The number of piperidine rings is 1. The van der Waals surface area contributed by atoms with Crippen LogP contribution in [0.5, 0.6) is 0 Å². The molecule has 1 aliphatic heterocycles. The maximum absolute atomic E-state index is 12.8. The first-order valence-electron chi connectivity index (χ1n) is 8.73. The summed E-state index contributed by atoms with van der Waals surface area (Å²) in [6, 6.07) is 13.2. The number of aromatic carboxylic acids is 1. The van der Waals surface area contributed by atoms with Gasteiger partial charge in [-0.1, -0.05) is 12.1 Å². The van der Waals surface area contributed by atoms with Crippen molar-refractivity contribution in [2.75, 3.05) is 13.1 Å². The van der Waals surface area contributed by atoms with E-state index in [0.717, 1.165) is 16.9 Å². The first-order valence-corrected chi connectivity index (χ1v) is 10.2. The maximum atomic E-state index is 12.8. The number of hydrogen-bond acceptors (Lipinski definition) is 4. The van der Waals surface area contributed by atoms with Crippen molar-refractivity contribution < 1.29 is 18.3 Å². The molecule has 27 heavy (non-hydrogen) atoms. The van der Waals surface area contributed by atoms with E-state index in [1.807, 2.05) is 24.3 Å². The normalized spacial score (nSPS) is 16.6. The summed E-state index contributed by atoms with van der Waals surface area (Å²) < 4.78 is 27.1. The summed E-state index contributed by atoms with van der Waals surface area (Å²) in [5.41, 5.74) is 1.97. The highest BCUT2D eigenvalue weighted by molar-refractivity contribution is 7.89. The monoisotopic (exact) mass is 385 g/mol. The third-order valence-corrected chi connectivity index (χ3v) is 6.90. The lowest BCUT2D eigenvalue weighted by molar-refractivity contribution is 0.0696. The molecule has 0 saturated carbocycles. The van der Waals surface area contributed by atoms with Crippen molar-refractivity contribution in [3.8, 4) is 0 Å². The van der Waals surface area contributed by atoms with Crippen LogP contribution in [0.2, 0.25) is 0 Å². The van der Waals surface area contributed by atoms with Gasteiger partial charge in [-0.05, 0) is 49.2 Å². The number of H-pyrrole nitrogens is 1. The molecule has 1 aliphatic rings. The van der Waals surface area contributed by atoms with Gasteiger partial charge in [0.25, 0.3) is 0 Å². The molecule has 1 saturated heterocycles. The zero-order chi connectivity index (χ0) is 19.0. The number of benzene rings is 2. The van der Waals surface area contributed by atoms with Crippen LogP contribution in [0.15, 0.2) is 53.4 Å². The van der Waals surface area contributed by atoms with Crippen LogP contribution >= 0.6 is 0 Å². The highest BCUT2D eigenvalue weighted by Gasteiger charge is 2.31. The lowest BCUT2D eigenvalue weighted by Gasteiger charge is -2.30. The molecule has 0 amide bonds. The Labute approximate surface area is 156 Å². The Balaban J connectivity index is 1.48. The molecule has 2 heterocycles. The number of para-hydroxylation sites is 2. The SMILES string of the molecule is O=C(O)c1ccc(S(=O)(=O)N2CCC(c3nc4ccccc4[nH]3)CC2)cc1. The van der Waals surface area contributed by atoms with E-state index in [-0.39, 0.29) is 16.4 Å². The lowest BCUT2D eigenvalue weighted by Crippen LogP contribution is -2.38. The van der Waals surface area contributed by atoms with Gasteiger partial charge in [-0.15, -0.1) is 0 Å². The van der Waals surface area contributed by atoms with Gasteiger partial charge < -0.3 is 10.1 Å². The molecule has 1 aromatic heterocycles. The molecule has 0 aliphatic carbocycles. The van der Waals surface area contributed by atoms with Crippen molar-refractivity contribution in [3.05, 3.63) is 59.9 Å². The number of nitrogens with one attached hydrogen (secondary N) is 1. The quantitative estimate of drug-likeness (QED) is 0.719. The summed E-state index contributed by atoms with van der Waals surface area (Å²) in [5, 5.41) is 8.95. The van der Waals surface area contributed by atoms with Crippen molar-refractivity contribution in [2.24, 2.45) is 0 Å². The molecule has 0 unspecified atom stereocenters. The number of carboxylic acid groups (broad SMARTS) is 1. The van der Waals surface area contributed by atoms with E-state index in [9.17, 15) is 13.2 Å². The van der Waals surface area contributed by atoms with Crippen molar-refractivity contribution in [1.82, 2.24) is 14.3 Å². The Morgan fingerprint density at radius 3 is 2.37 bits per heavy atom. The predicted molar refractivity (Wildman–Crippen MR) is 100 cm³/mol. The van der Waals surface area contributed by atoms with Gasteiger partial charge in [-0.2, -0.15) is 4.31 Å². The van der Waals surface area contributed by atoms with Gasteiger partial charge in [0.1, 0.15) is 5.82 Å². The molecule has 0 spiro atoms. The van der Waals surface area contributed by atoms with Crippen LogP contribution in [0.4, 0.5) is 0 Å². The first-order chi connectivity index (χ1) is 12.9. The second-order valence-corrected chi connectivity index (χ2v) is 8.59. The molecule has 0 bridgehead atoms. The van der Waals surface area contributed by atoms with Crippen LogP contribution in [0, 0.1) is 0 Å². The average molecular weight is 385 g/mol. The summed E-state index contributed by atoms with van der Waals surface area (Å²) in [7, 11) is -3.62. The maximum Gasteiger partial charge on any atom is 0.335 e. The number of fused-ring (bicyclic) bond motifs is 1. The molecule has 140 valence electrons. The zero-order valence-electron chi connectivity index (χ0n) is 14.5. The van der Waals surface area contributed by atoms with E-state index in [1.54, 1.807) is 0 Å². The fourth-order valence-corrected chi connectivity index (χ4v) is 4.92. The number of aromatic amines is 1. The topological polar surface area (TPSA) is 103 Å². The molecule has 4 rings (SSSR count). The highest BCUT2D eigenvalue weighted by atomic mass is 32.2. The Morgan fingerprint density at radius 2 is 1.74 bits per heavy atom. The van der Waals surface area contributed by atoms with Gasteiger partial charge in [-0.3, -0.25) is 0 Å². The van der Waals surface area contributed by atoms with Gasteiger partial charge in [-0.25, -0.2) is 18.2 Å². The molecule has 2 aromatic carbocycles. The number of imidazole rings is 1. The predicted octanol–water partition coefficient (Wildman–Crippen LogP) is 2.83. The summed E-state index contributed by atoms with van der Waals surface area (Å²) >= 11 is 0. The number of nitrogens with zero attached hydrogens (tertiary/aromatic N) is 2. The summed E-state index contributed by atoms with van der Waals surface area (Å²) in [6.45, 7) is 0.815. The Bertz CT molecular complexity index is 1050. The molecule has 1 fully saturated rings. The first kappa shape index (κ1) is 17.7. The van der Waals surface area contributed by atoms with Crippen molar-refractivity contribution in [3.63, 3.8) is 0 Å². The average Bonchev–Trinajstić information content (AvgIpc) is 3.12. The summed E-state index contributed by atoms with van der Waals surface area (Å²) in [5.74, 6) is 0.0166. The van der Waals surface area contributed by atoms with E-state index < -0.39 is 16.0 Å². The van der Waals surface area contributed by atoms with Crippen LogP contribution in [0.25, 0.3) is 11.0 Å². The van der Waals surface area contributed by atoms with Crippen molar-refractivity contribution in [2.45, 2.75) is 23.7 Å². The minimum atomic E-state index is -3.62. The number of aromatic nitrogens is 2. The molecular weight excluding hydrogens is 366 g/mol. The van der Waals surface area contributed by atoms with E-state index in [2.05, 4.69) is 9.97 Å². The standard InChI is InChI=1S/C19H19N3O4S/c23-19(24)14-5-7-15(8-6-14)27(25,26)22-11-9-13(10-12-22)18-20-16-3-1-2-4-17(16)21-18/h1-8,13H,9-12H2,(H,20,21)(H,23,24). The van der Waals surface area contributed by atoms with E-state index in [1.165, 1.54) is 28.6 Å². The molecular formula is C19H19N3O4S. The Hall–Kier alpha value is -2.71. The van der Waals surface area contributed by atoms with Crippen LogP contribution in [0.3, 0.4) is 0 Å². The fourth-order valence-electron chi connectivity index (χ4n) is 3.45. The van der Waals surface area contributed by atoms with Gasteiger partial charge in [0.05, 0.1) is 21.5 Å². The third-order valence-electron chi connectivity index (χ3n) is 4.99. The van der Waals surface area contributed by atoms with Gasteiger partial charge in [0.2, 0.25) is 10.0 Å². The lowest BCUT2D eigenvalue weighted by atomic mass is 9.97. The van der Waals surface area contributed by atoms with E-state index >= 15 is 0 Å². The largest absolute Gasteiger partial charge is 0.478 e. The molecule has 0 atom stereocenters. The second kappa shape index (κ2) is 6.79. The van der Waals surface area contributed by atoms with Gasteiger partial charge in [0.15, 0.2) is 0 Å². The minimum absolute atomic E-state index is 0.0672. The number of carbonyl (C=O) groups is 1. The number of carboxylic acids is 1. The smallest absolute Gasteiger partial charge is 0.335 e. The molecule has 7 nitrogen and oxygen atoms in total. The molecule has 3 aromatic rings. The number of hydrogen-bond donors (Lipinski definition) is 2. The molecule has 2 N–H and O–H groups in total. The Kier molecular flexibility index (Phi) is 4.45. The van der Waals surface area contributed by atoms with Crippen LogP contribution in [-0.4, -0.2) is 46.9 Å². The van der Waals surface area contributed by atoms with Gasteiger partial charge in [0, 0.05) is 19.0 Å². The van der Waals surface area contributed by atoms with Crippen molar-refractivity contribution in [1.29, 1.82) is 0 Å². The van der Waals surface area contributed by atoms with Crippen molar-refractivity contribution >= 4 is 27.0 Å². The van der Waals surface area contributed by atoms with E-state index in [0.29, 0.717) is 25.9 Å². The van der Waals surface area contributed by atoms with Crippen LogP contribution in [0.1, 0.15) is 34.9 Å².